The fraction of sp³-hybridized carbons (Fsp3) is 0.235. The fourth-order valence-corrected chi connectivity index (χ4v) is 2.17. The molecule has 1 unspecified atom stereocenters. The lowest BCUT2D eigenvalue weighted by Gasteiger charge is -2.18. The number of halogens is 1. The fourth-order valence-electron chi connectivity index (χ4n) is 2.17. The van der Waals surface area contributed by atoms with Gasteiger partial charge in [-0.3, -0.25) is 4.79 Å². The number of hydrogen-bond acceptors (Lipinski definition) is 3. The molecule has 1 N–H and O–H groups in total. The van der Waals surface area contributed by atoms with Gasteiger partial charge in [0.2, 0.25) is 0 Å². The summed E-state index contributed by atoms with van der Waals surface area (Å²) in [5.74, 6) is 0.242. The number of rotatable bonds is 5. The predicted molar refractivity (Wildman–Crippen MR) is 81.8 cm³/mol. The first-order valence-electron chi connectivity index (χ1n) is 6.84. The third kappa shape index (κ3) is 3.36. The molecule has 0 fully saturated rings. The molecule has 22 heavy (non-hydrogen) atoms. The zero-order valence-corrected chi connectivity index (χ0v) is 12.7. The van der Waals surface area contributed by atoms with Crippen molar-refractivity contribution in [1.82, 2.24) is 5.32 Å². The lowest BCUT2D eigenvalue weighted by Crippen LogP contribution is -2.27. The van der Waals surface area contributed by atoms with Gasteiger partial charge in [-0.2, -0.15) is 0 Å². The standard InChI is InChI=1S/C17H18FNO3/c1-11(13-9-8-12(21-2)10-16(13)22-3)19-17(20)14-6-4-5-7-15(14)18/h4-11H,1-3H3,(H,19,20). The largest absolute Gasteiger partial charge is 0.497 e. The number of methoxy groups -OCH3 is 2. The highest BCUT2D eigenvalue weighted by molar-refractivity contribution is 5.94. The molecule has 0 aliphatic rings. The molecule has 0 radical (unpaired) electrons. The summed E-state index contributed by atoms with van der Waals surface area (Å²) in [6, 6.07) is 10.9. The van der Waals surface area contributed by atoms with Crippen molar-refractivity contribution in [3.8, 4) is 11.5 Å². The third-order valence-electron chi connectivity index (χ3n) is 3.37. The van der Waals surface area contributed by atoms with Crippen LogP contribution in [0.25, 0.3) is 0 Å². The van der Waals surface area contributed by atoms with Crippen LogP contribution in [0.15, 0.2) is 42.5 Å². The Labute approximate surface area is 128 Å². The van der Waals surface area contributed by atoms with Crippen LogP contribution in [0, 0.1) is 5.82 Å². The van der Waals surface area contributed by atoms with Crippen LogP contribution < -0.4 is 14.8 Å². The highest BCUT2D eigenvalue weighted by Crippen LogP contribution is 2.29. The van der Waals surface area contributed by atoms with Crippen LogP contribution in [0.5, 0.6) is 11.5 Å². The molecule has 4 nitrogen and oxygen atoms in total. The highest BCUT2D eigenvalue weighted by Gasteiger charge is 2.17. The molecule has 0 heterocycles. The zero-order chi connectivity index (χ0) is 16.1. The molecule has 0 spiro atoms. The summed E-state index contributed by atoms with van der Waals surface area (Å²) in [6.07, 6.45) is 0. The summed E-state index contributed by atoms with van der Waals surface area (Å²) in [7, 11) is 3.11. The van der Waals surface area contributed by atoms with E-state index >= 15 is 0 Å². The van der Waals surface area contributed by atoms with Crippen LogP contribution in [0.2, 0.25) is 0 Å². The molecule has 116 valence electrons. The minimum absolute atomic E-state index is 0.0156. The van der Waals surface area contributed by atoms with Gasteiger partial charge in [-0.05, 0) is 31.2 Å². The van der Waals surface area contributed by atoms with Crippen molar-refractivity contribution in [2.24, 2.45) is 0 Å². The van der Waals surface area contributed by atoms with Gasteiger partial charge in [-0.15, -0.1) is 0 Å². The van der Waals surface area contributed by atoms with Crippen LogP contribution in [0.1, 0.15) is 28.9 Å². The Morgan fingerprint density at radius 3 is 2.50 bits per heavy atom. The Morgan fingerprint density at radius 1 is 1.14 bits per heavy atom. The van der Waals surface area contributed by atoms with Crippen molar-refractivity contribution in [2.45, 2.75) is 13.0 Å². The van der Waals surface area contributed by atoms with Crippen molar-refractivity contribution < 1.29 is 18.7 Å². The maximum atomic E-state index is 13.6. The van der Waals surface area contributed by atoms with E-state index in [1.165, 1.54) is 12.1 Å². The summed E-state index contributed by atoms with van der Waals surface area (Å²) in [5.41, 5.74) is 0.801. The Balaban J connectivity index is 2.20. The van der Waals surface area contributed by atoms with E-state index in [1.807, 2.05) is 13.0 Å². The summed E-state index contributed by atoms with van der Waals surface area (Å²) in [6.45, 7) is 1.81. The van der Waals surface area contributed by atoms with Crippen molar-refractivity contribution in [1.29, 1.82) is 0 Å². The van der Waals surface area contributed by atoms with Crippen molar-refractivity contribution in [3.63, 3.8) is 0 Å². The van der Waals surface area contributed by atoms with E-state index in [-0.39, 0.29) is 11.6 Å². The molecule has 0 aliphatic heterocycles. The van der Waals surface area contributed by atoms with Crippen molar-refractivity contribution in [2.75, 3.05) is 14.2 Å². The van der Waals surface area contributed by atoms with Gasteiger partial charge >= 0.3 is 0 Å². The average molecular weight is 303 g/mol. The first kappa shape index (κ1) is 15.8. The number of carbonyl (C=O) groups is 1. The topological polar surface area (TPSA) is 47.6 Å². The molecule has 2 rings (SSSR count). The monoisotopic (exact) mass is 303 g/mol. The minimum atomic E-state index is -0.547. The van der Waals surface area contributed by atoms with Gasteiger partial charge in [0.25, 0.3) is 5.91 Å². The van der Waals surface area contributed by atoms with Gasteiger partial charge in [0.05, 0.1) is 25.8 Å². The van der Waals surface area contributed by atoms with Crippen LogP contribution in [-0.2, 0) is 0 Å². The van der Waals surface area contributed by atoms with Gasteiger partial charge in [0.1, 0.15) is 17.3 Å². The number of benzene rings is 2. The lowest BCUT2D eigenvalue weighted by atomic mass is 10.1. The Morgan fingerprint density at radius 2 is 1.86 bits per heavy atom. The number of hydrogen-bond donors (Lipinski definition) is 1. The maximum Gasteiger partial charge on any atom is 0.254 e. The highest BCUT2D eigenvalue weighted by atomic mass is 19.1. The quantitative estimate of drug-likeness (QED) is 0.921. The summed E-state index contributed by atoms with van der Waals surface area (Å²) >= 11 is 0. The predicted octanol–water partition coefficient (Wildman–Crippen LogP) is 3.33. The summed E-state index contributed by atoms with van der Waals surface area (Å²) in [4.78, 5) is 12.2. The molecule has 2 aromatic rings. The second kappa shape index (κ2) is 6.93. The first-order chi connectivity index (χ1) is 10.6. The summed E-state index contributed by atoms with van der Waals surface area (Å²) in [5, 5.41) is 2.77. The average Bonchev–Trinajstić information content (AvgIpc) is 2.54. The minimum Gasteiger partial charge on any atom is -0.497 e. The number of amides is 1. The molecular weight excluding hydrogens is 285 g/mol. The number of ether oxygens (including phenoxy) is 2. The van der Waals surface area contributed by atoms with Crippen LogP contribution in [0.4, 0.5) is 4.39 Å². The Bertz CT molecular complexity index is 673. The van der Waals surface area contributed by atoms with Gasteiger partial charge < -0.3 is 14.8 Å². The Hall–Kier alpha value is -2.56. The van der Waals surface area contributed by atoms with Crippen molar-refractivity contribution in [3.05, 3.63) is 59.4 Å². The second-order valence-corrected chi connectivity index (χ2v) is 4.78. The van der Waals surface area contributed by atoms with Crippen LogP contribution >= 0.6 is 0 Å². The van der Waals surface area contributed by atoms with Crippen LogP contribution in [-0.4, -0.2) is 20.1 Å². The molecule has 1 amide bonds. The number of nitrogens with one attached hydrogen (secondary N) is 1. The SMILES string of the molecule is COc1ccc(C(C)NC(=O)c2ccccc2F)c(OC)c1. The summed E-state index contributed by atoms with van der Waals surface area (Å²) < 4.78 is 24.1. The smallest absolute Gasteiger partial charge is 0.254 e. The van der Waals surface area contributed by atoms with E-state index in [0.29, 0.717) is 11.5 Å². The molecule has 0 aromatic heterocycles. The van der Waals surface area contributed by atoms with E-state index in [1.54, 1.807) is 38.5 Å². The molecule has 2 aromatic carbocycles. The first-order valence-corrected chi connectivity index (χ1v) is 6.84. The zero-order valence-electron chi connectivity index (χ0n) is 12.7. The van der Waals surface area contributed by atoms with E-state index in [9.17, 15) is 9.18 Å². The molecule has 0 saturated carbocycles. The van der Waals surface area contributed by atoms with Crippen molar-refractivity contribution >= 4 is 5.91 Å². The van der Waals surface area contributed by atoms with Gasteiger partial charge in [-0.1, -0.05) is 12.1 Å². The van der Waals surface area contributed by atoms with Gasteiger partial charge in [-0.25, -0.2) is 4.39 Å². The normalized spacial score (nSPS) is 11.6. The molecule has 5 heteroatoms. The van der Waals surface area contributed by atoms with E-state index < -0.39 is 11.7 Å². The van der Waals surface area contributed by atoms with Crippen LogP contribution in [0.3, 0.4) is 0 Å². The molecule has 1 atom stereocenters. The molecule has 0 bridgehead atoms. The molecule has 0 aliphatic carbocycles. The Kier molecular flexibility index (Phi) is 4.99. The van der Waals surface area contributed by atoms with Gasteiger partial charge in [0, 0.05) is 11.6 Å². The molecule has 0 saturated heterocycles. The van der Waals surface area contributed by atoms with E-state index in [2.05, 4.69) is 5.32 Å². The number of carbonyl (C=O) groups excluding carboxylic acids is 1. The second-order valence-electron chi connectivity index (χ2n) is 4.78. The third-order valence-corrected chi connectivity index (χ3v) is 3.37. The maximum absolute atomic E-state index is 13.6. The van der Waals surface area contributed by atoms with E-state index in [4.69, 9.17) is 9.47 Å². The lowest BCUT2D eigenvalue weighted by molar-refractivity contribution is 0.0935. The van der Waals surface area contributed by atoms with E-state index in [0.717, 1.165) is 5.56 Å². The molecular formula is C17H18FNO3. The van der Waals surface area contributed by atoms with Gasteiger partial charge in [0.15, 0.2) is 0 Å².